The van der Waals surface area contributed by atoms with Crippen molar-refractivity contribution in [2.24, 2.45) is 0 Å². The van der Waals surface area contributed by atoms with Gasteiger partial charge in [-0.3, -0.25) is 0 Å². The van der Waals surface area contributed by atoms with Gasteiger partial charge in [-0.2, -0.15) is 0 Å². The first-order valence-electron chi connectivity index (χ1n) is 22.2. The number of benzene rings is 7. The van der Waals surface area contributed by atoms with Crippen molar-refractivity contribution in [3.05, 3.63) is 191 Å². The van der Waals surface area contributed by atoms with Gasteiger partial charge in [-0.1, -0.05) is 192 Å². The summed E-state index contributed by atoms with van der Waals surface area (Å²) in [7, 11) is -3.12. The average molecular weight is 852 g/mol. The Labute approximate surface area is 378 Å². The van der Waals surface area contributed by atoms with Crippen LogP contribution in [-0.2, 0) is 21.7 Å². The lowest BCUT2D eigenvalue weighted by Gasteiger charge is -2.39. The first-order chi connectivity index (χ1) is 29.1. The van der Waals surface area contributed by atoms with Gasteiger partial charge < -0.3 is 9.80 Å². The van der Waals surface area contributed by atoms with Gasteiger partial charge in [0.2, 0.25) is 0 Å². The Morgan fingerprint density at radius 1 is 0.306 bits per heavy atom. The highest BCUT2D eigenvalue weighted by atomic mass is 35.5. The van der Waals surface area contributed by atoms with Crippen molar-refractivity contribution in [2.75, 3.05) is 9.80 Å². The van der Waals surface area contributed by atoms with Crippen LogP contribution < -0.4 is 30.5 Å². The summed E-state index contributed by atoms with van der Waals surface area (Å²) in [5.74, 6) is 0. The van der Waals surface area contributed by atoms with Gasteiger partial charge in [-0.05, 0) is 131 Å². The molecule has 0 unspecified atom stereocenters. The molecule has 0 aromatic heterocycles. The Morgan fingerprint density at radius 2 is 0.629 bits per heavy atom. The molecular weight excluding hydrogens is 788 g/mol. The van der Waals surface area contributed by atoms with E-state index in [2.05, 4.69) is 257 Å². The molecule has 7 aromatic rings. The smallest absolute Gasteiger partial charge is 0.179 e. The van der Waals surface area contributed by atoms with E-state index < -0.39 is 8.07 Å². The number of nitrogens with zero attached hydrogens (tertiary/aromatic N) is 2. The summed E-state index contributed by atoms with van der Waals surface area (Å²) in [6.07, 6.45) is 0. The molecule has 0 aliphatic carbocycles. The number of anilines is 6. The molecule has 0 amide bonds. The highest BCUT2D eigenvalue weighted by Crippen LogP contribution is 2.45. The maximum atomic E-state index is 7.37. The number of hydrogen-bond donors (Lipinski definition) is 0. The number of rotatable bonds is 4. The van der Waals surface area contributed by atoms with Gasteiger partial charge in [0.25, 0.3) is 0 Å². The van der Waals surface area contributed by atoms with Gasteiger partial charge in [-0.25, -0.2) is 0 Å². The monoisotopic (exact) mass is 850 g/mol. The van der Waals surface area contributed by atoms with Crippen molar-refractivity contribution in [2.45, 2.75) is 105 Å². The van der Waals surface area contributed by atoms with E-state index in [1.807, 2.05) is 0 Å². The first-order valence-corrected chi connectivity index (χ1v) is 24.6. The Bertz CT molecular complexity index is 2520. The van der Waals surface area contributed by atoms with E-state index in [0.717, 1.165) is 34.1 Å². The molecular formula is C58H63ClN2Si. The van der Waals surface area contributed by atoms with Crippen LogP contribution in [0, 0.1) is 0 Å². The lowest BCUT2D eigenvalue weighted by Crippen LogP contribution is -2.75. The van der Waals surface area contributed by atoms with E-state index in [1.165, 1.54) is 43.0 Å². The second kappa shape index (κ2) is 15.8. The van der Waals surface area contributed by atoms with E-state index in [1.54, 1.807) is 0 Å². The van der Waals surface area contributed by atoms with Crippen LogP contribution in [0.1, 0.15) is 105 Å². The van der Waals surface area contributed by atoms with Crippen LogP contribution in [0.4, 0.5) is 34.1 Å². The van der Waals surface area contributed by atoms with E-state index in [9.17, 15) is 0 Å². The third-order valence-corrected chi connectivity index (χ3v) is 17.7. The van der Waals surface area contributed by atoms with Crippen molar-refractivity contribution in [1.29, 1.82) is 0 Å². The largest absolute Gasteiger partial charge is 0.310 e. The molecule has 316 valence electrons. The molecule has 0 spiro atoms. The fraction of sp³-hybridized carbons (Fsp3) is 0.276. The van der Waals surface area contributed by atoms with Crippen LogP contribution in [0.25, 0.3) is 0 Å². The Kier molecular flexibility index (Phi) is 11.0. The third-order valence-electron chi connectivity index (χ3n) is 12.7. The predicted octanol–water partition coefficient (Wildman–Crippen LogP) is 14.2. The summed E-state index contributed by atoms with van der Waals surface area (Å²) in [5, 5.41) is 6.06. The minimum Gasteiger partial charge on any atom is -0.310 e. The zero-order chi connectivity index (χ0) is 44.4. The maximum absolute atomic E-state index is 7.37. The fourth-order valence-corrected chi connectivity index (χ4v) is 14.2. The van der Waals surface area contributed by atoms with Crippen LogP contribution in [0.3, 0.4) is 0 Å². The molecule has 1 aliphatic heterocycles. The molecule has 1 aliphatic rings. The van der Waals surface area contributed by atoms with Crippen molar-refractivity contribution < 1.29 is 0 Å². The summed E-state index contributed by atoms with van der Waals surface area (Å²) in [6.45, 7) is 27.7. The second-order valence-corrected chi connectivity index (χ2v) is 25.7. The molecule has 0 atom stereocenters. The molecule has 7 aromatic carbocycles. The van der Waals surface area contributed by atoms with Crippen molar-refractivity contribution >= 4 is 74.5 Å². The lowest BCUT2D eigenvalue weighted by atomic mass is 9.86. The predicted molar refractivity (Wildman–Crippen MR) is 273 cm³/mol. The van der Waals surface area contributed by atoms with Crippen molar-refractivity contribution in [3.63, 3.8) is 0 Å². The quantitative estimate of drug-likeness (QED) is 0.163. The zero-order valence-corrected chi connectivity index (χ0v) is 40.6. The van der Waals surface area contributed by atoms with Gasteiger partial charge >= 0.3 is 0 Å². The molecule has 2 nitrogen and oxygen atoms in total. The molecule has 0 saturated carbocycles. The standard InChI is InChI=1S/C58H63ClN2Si/c1-55(2,3)40-23-27-45(28-24-40)60-47-31-42(57(7,8)9)33-53(38-47)62(51-19-15-13-16-20-51,52-21-17-14-18-22-52)54-34-43(58(10,11)12)32-48(39-54)61(50-36-44(59)35-49(60)37-50)46-29-25-41(26-30-46)56(4,5)6/h13-39H,1-12H3. The molecule has 0 N–H and O–H groups in total. The summed E-state index contributed by atoms with van der Waals surface area (Å²) in [6, 6.07) is 62.6. The van der Waals surface area contributed by atoms with Crippen LogP contribution in [-0.4, -0.2) is 8.07 Å². The molecule has 62 heavy (non-hydrogen) atoms. The van der Waals surface area contributed by atoms with Crippen LogP contribution in [0.15, 0.2) is 164 Å². The summed E-state index contributed by atoms with van der Waals surface area (Å²) < 4.78 is 0. The van der Waals surface area contributed by atoms with Crippen molar-refractivity contribution in [3.8, 4) is 0 Å². The van der Waals surface area contributed by atoms with E-state index in [4.69, 9.17) is 11.6 Å². The SMILES string of the molecule is CC(C)(C)c1ccc(N2c3cc(Cl)cc(c3)N(c3ccc(C(C)(C)C)cc3)c3cc(C(C)(C)C)cc(c3)[Si](c3ccccc3)(c3ccccc3)c3cc2cc(C(C)(C)C)c3)cc1. The van der Waals surface area contributed by atoms with Crippen LogP contribution in [0.5, 0.6) is 0 Å². The van der Waals surface area contributed by atoms with Crippen LogP contribution >= 0.6 is 11.6 Å². The second-order valence-electron chi connectivity index (χ2n) is 21.5. The number of fused-ring (bicyclic) bond motifs is 6. The molecule has 0 saturated heterocycles. The topological polar surface area (TPSA) is 6.48 Å². The maximum Gasteiger partial charge on any atom is 0.179 e. The normalized spacial score (nSPS) is 14.3. The molecule has 0 fully saturated rings. The zero-order valence-electron chi connectivity index (χ0n) is 38.9. The molecule has 1 heterocycles. The Balaban J connectivity index is 1.60. The molecule has 6 bridgehead atoms. The fourth-order valence-electron chi connectivity index (χ4n) is 9.09. The first kappa shape index (κ1) is 43.3. The van der Waals surface area contributed by atoms with E-state index in [-0.39, 0.29) is 21.7 Å². The number of hydrogen-bond acceptors (Lipinski definition) is 2. The Hall–Kier alpha value is -5.35. The Morgan fingerprint density at radius 3 is 0.952 bits per heavy atom. The minimum absolute atomic E-state index is 0.0151. The highest BCUT2D eigenvalue weighted by Gasteiger charge is 2.44. The summed E-state index contributed by atoms with van der Waals surface area (Å²) >= 11 is 7.37. The third kappa shape index (κ3) is 8.18. The van der Waals surface area contributed by atoms with Gasteiger partial charge in [0.1, 0.15) is 0 Å². The average Bonchev–Trinajstić information content (AvgIpc) is 3.21. The van der Waals surface area contributed by atoms with Gasteiger partial charge in [0, 0.05) is 39.1 Å². The van der Waals surface area contributed by atoms with Gasteiger partial charge in [-0.15, -0.1) is 0 Å². The summed E-state index contributed by atoms with van der Waals surface area (Å²) in [5.41, 5.74) is 11.3. The molecule has 0 radical (unpaired) electrons. The minimum atomic E-state index is -3.12. The highest BCUT2D eigenvalue weighted by molar-refractivity contribution is 7.20. The van der Waals surface area contributed by atoms with E-state index >= 15 is 0 Å². The number of halogens is 1. The van der Waals surface area contributed by atoms with E-state index in [0.29, 0.717) is 5.02 Å². The van der Waals surface area contributed by atoms with Gasteiger partial charge in [0.15, 0.2) is 8.07 Å². The summed E-state index contributed by atoms with van der Waals surface area (Å²) in [4.78, 5) is 4.88. The molecule has 8 rings (SSSR count). The van der Waals surface area contributed by atoms with Crippen LogP contribution in [0.2, 0.25) is 5.02 Å². The van der Waals surface area contributed by atoms with Gasteiger partial charge in [0.05, 0.1) is 0 Å². The van der Waals surface area contributed by atoms with Crippen molar-refractivity contribution in [1.82, 2.24) is 0 Å². The molecule has 4 heteroatoms. The lowest BCUT2D eigenvalue weighted by molar-refractivity contribution is 0.590.